The van der Waals surface area contributed by atoms with E-state index in [2.05, 4.69) is 10.6 Å². The van der Waals surface area contributed by atoms with Gasteiger partial charge in [-0.2, -0.15) is 0 Å². The van der Waals surface area contributed by atoms with Crippen molar-refractivity contribution in [2.75, 3.05) is 6.54 Å². The van der Waals surface area contributed by atoms with E-state index in [1.807, 2.05) is 13.8 Å². The van der Waals surface area contributed by atoms with E-state index in [0.29, 0.717) is 12.8 Å². The number of carboxylic acid groups (broad SMARTS) is 1. The zero-order valence-corrected chi connectivity index (χ0v) is 12.0. The number of carbonyl (C=O) groups is 2. The summed E-state index contributed by atoms with van der Waals surface area (Å²) < 4.78 is 0. The van der Waals surface area contributed by atoms with Crippen LogP contribution < -0.4 is 10.6 Å². The highest BCUT2D eigenvalue weighted by molar-refractivity contribution is 5.82. The first-order valence-corrected chi connectivity index (χ1v) is 7.32. The van der Waals surface area contributed by atoms with Gasteiger partial charge in [-0.15, -0.1) is 0 Å². The van der Waals surface area contributed by atoms with Crippen molar-refractivity contribution in [2.45, 2.75) is 70.4 Å². The average Bonchev–Trinajstić information content (AvgIpc) is 2.41. The van der Waals surface area contributed by atoms with Crippen molar-refractivity contribution in [2.24, 2.45) is 0 Å². The largest absolute Gasteiger partial charge is 0.480 e. The molecule has 1 amide bonds. The molecule has 0 saturated heterocycles. The summed E-state index contributed by atoms with van der Waals surface area (Å²) in [6, 6.07) is 0.269. The van der Waals surface area contributed by atoms with Crippen LogP contribution >= 0.6 is 0 Å². The Kier molecular flexibility index (Phi) is 6.28. The second-order valence-corrected chi connectivity index (χ2v) is 5.35. The molecule has 19 heavy (non-hydrogen) atoms. The Hall–Kier alpha value is -1.10. The fourth-order valence-electron chi connectivity index (χ4n) is 2.65. The maximum atomic E-state index is 11.8. The Labute approximate surface area is 115 Å². The highest BCUT2D eigenvalue weighted by Gasteiger charge is 2.34. The molecule has 1 aliphatic carbocycles. The molecule has 1 saturated carbocycles. The minimum atomic E-state index is -0.982. The molecule has 1 rings (SSSR count). The van der Waals surface area contributed by atoms with Crippen molar-refractivity contribution in [1.29, 1.82) is 0 Å². The van der Waals surface area contributed by atoms with E-state index in [0.717, 1.165) is 12.8 Å². The van der Waals surface area contributed by atoms with Crippen LogP contribution in [0.2, 0.25) is 0 Å². The monoisotopic (exact) mass is 270 g/mol. The van der Waals surface area contributed by atoms with Crippen LogP contribution in [-0.4, -0.2) is 35.1 Å². The number of hydrogen-bond donors (Lipinski definition) is 3. The summed E-state index contributed by atoms with van der Waals surface area (Å²) >= 11 is 0. The lowest BCUT2D eigenvalue weighted by Gasteiger charge is -2.29. The molecular weight excluding hydrogens is 244 g/mol. The third-order valence-electron chi connectivity index (χ3n) is 4.17. The zero-order valence-electron chi connectivity index (χ0n) is 12.0. The molecule has 0 spiro atoms. The zero-order chi connectivity index (χ0) is 14.3. The number of carbonyl (C=O) groups excluding carboxylic acids is 1. The van der Waals surface area contributed by atoms with Gasteiger partial charge in [0.25, 0.3) is 0 Å². The summed E-state index contributed by atoms with van der Waals surface area (Å²) in [4.78, 5) is 23.1. The summed E-state index contributed by atoms with van der Waals surface area (Å²) in [5, 5.41) is 15.2. The van der Waals surface area contributed by atoms with Gasteiger partial charge in [0.05, 0.1) is 6.54 Å². The molecule has 0 heterocycles. The molecule has 5 nitrogen and oxygen atoms in total. The van der Waals surface area contributed by atoms with Crippen LogP contribution in [-0.2, 0) is 9.59 Å². The van der Waals surface area contributed by atoms with E-state index in [4.69, 9.17) is 0 Å². The van der Waals surface area contributed by atoms with Gasteiger partial charge in [0.1, 0.15) is 5.54 Å². The molecular formula is C14H26N2O3. The average molecular weight is 270 g/mol. The molecule has 0 aromatic heterocycles. The second-order valence-electron chi connectivity index (χ2n) is 5.35. The van der Waals surface area contributed by atoms with Crippen molar-refractivity contribution in [3.05, 3.63) is 0 Å². The fraction of sp³-hybridized carbons (Fsp3) is 0.857. The molecule has 0 atom stereocenters. The van der Waals surface area contributed by atoms with Crippen LogP contribution in [0.4, 0.5) is 0 Å². The lowest BCUT2D eigenvalue weighted by molar-refractivity contribution is -0.145. The van der Waals surface area contributed by atoms with Crippen LogP contribution in [0, 0.1) is 0 Å². The first-order valence-electron chi connectivity index (χ1n) is 7.32. The number of hydrogen-bond acceptors (Lipinski definition) is 3. The van der Waals surface area contributed by atoms with Gasteiger partial charge in [-0.3, -0.25) is 14.9 Å². The van der Waals surface area contributed by atoms with Gasteiger partial charge < -0.3 is 10.4 Å². The van der Waals surface area contributed by atoms with E-state index < -0.39 is 11.5 Å². The molecule has 0 aromatic carbocycles. The highest BCUT2D eigenvalue weighted by Crippen LogP contribution is 2.17. The first kappa shape index (κ1) is 16.0. The number of carboxylic acids is 1. The Morgan fingerprint density at radius 1 is 1.16 bits per heavy atom. The van der Waals surface area contributed by atoms with Gasteiger partial charge in [0, 0.05) is 6.04 Å². The van der Waals surface area contributed by atoms with Crippen molar-refractivity contribution in [3.63, 3.8) is 0 Å². The predicted molar refractivity (Wildman–Crippen MR) is 74.0 cm³/mol. The fourth-order valence-corrected chi connectivity index (χ4v) is 2.65. The molecule has 3 N–H and O–H groups in total. The van der Waals surface area contributed by atoms with Crippen molar-refractivity contribution in [3.8, 4) is 0 Å². The van der Waals surface area contributed by atoms with Crippen molar-refractivity contribution >= 4 is 11.9 Å². The van der Waals surface area contributed by atoms with Gasteiger partial charge in [-0.1, -0.05) is 33.1 Å². The molecule has 0 aliphatic heterocycles. The summed E-state index contributed by atoms with van der Waals surface area (Å²) in [6.07, 6.45) is 6.60. The lowest BCUT2D eigenvalue weighted by Crippen LogP contribution is -2.54. The standard InChI is InChI=1S/C14H26N2O3/c1-3-14(4-2,13(18)19)15-10-12(17)16-11-8-6-5-7-9-11/h11,15H,3-10H2,1-2H3,(H,16,17)(H,18,19). The minimum absolute atomic E-state index is 0.0739. The maximum absolute atomic E-state index is 11.8. The summed E-state index contributed by atoms with van der Waals surface area (Å²) in [6.45, 7) is 3.72. The molecule has 110 valence electrons. The summed E-state index contributed by atoms with van der Waals surface area (Å²) in [5.41, 5.74) is -0.982. The number of nitrogens with one attached hydrogen (secondary N) is 2. The van der Waals surface area contributed by atoms with Crippen LogP contribution in [0.5, 0.6) is 0 Å². The smallest absolute Gasteiger partial charge is 0.323 e. The van der Waals surface area contributed by atoms with E-state index in [-0.39, 0.29) is 18.5 Å². The van der Waals surface area contributed by atoms with E-state index in [1.165, 1.54) is 19.3 Å². The molecule has 0 radical (unpaired) electrons. The van der Waals surface area contributed by atoms with Gasteiger partial charge in [0.15, 0.2) is 0 Å². The topological polar surface area (TPSA) is 78.4 Å². The molecule has 5 heteroatoms. The SMILES string of the molecule is CCC(CC)(NCC(=O)NC1CCCCC1)C(=O)O. The molecule has 0 unspecified atom stereocenters. The van der Waals surface area contributed by atoms with Crippen LogP contribution in [0.3, 0.4) is 0 Å². The molecule has 0 bridgehead atoms. The third kappa shape index (κ3) is 4.49. The summed E-state index contributed by atoms with van der Waals surface area (Å²) in [5.74, 6) is -0.984. The van der Waals surface area contributed by atoms with Crippen molar-refractivity contribution < 1.29 is 14.7 Å². The van der Waals surface area contributed by atoms with Gasteiger partial charge >= 0.3 is 5.97 Å². The van der Waals surface area contributed by atoms with E-state index in [1.54, 1.807) is 0 Å². The highest BCUT2D eigenvalue weighted by atomic mass is 16.4. The normalized spacial score (nSPS) is 17.2. The quantitative estimate of drug-likeness (QED) is 0.657. The lowest BCUT2D eigenvalue weighted by atomic mass is 9.93. The van der Waals surface area contributed by atoms with Gasteiger partial charge in [0.2, 0.25) is 5.91 Å². The Morgan fingerprint density at radius 3 is 2.21 bits per heavy atom. The number of amides is 1. The third-order valence-corrected chi connectivity index (χ3v) is 4.17. The van der Waals surface area contributed by atoms with Crippen LogP contribution in [0.15, 0.2) is 0 Å². The van der Waals surface area contributed by atoms with E-state index >= 15 is 0 Å². The number of aliphatic carboxylic acids is 1. The predicted octanol–water partition coefficient (Wildman–Crippen LogP) is 1.67. The Balaban J connectivity index is 2.41. The van der Waals surface area contributed by atoms with Crippen LogP contribution in [0.25, 0.3) is 0 Å². The molecule has 1 aliphatic rings. The minimum Gasteiger partial charge on any atom is -0.480 e. The molecule has 1 fully saturated rings. The van der Waals surface area contributed by atoms with Crippen LogP contribution in [0.1, 0.15) is 58.8 Å². The Morgan fingerprint density at radius 2 is 1.74 bits per heavy atom. The Bertz CT molecular complexity index is 308. The number of rotatable bonds is 7. The van der Waals surface area contributed by atoms with Gasteiger partial charge in [-0.25, -0.2) is 0 Å². The first-order chi connectivity index (χ1) is 9.04. The van der Waals surface area contributed by atoms with Gasteiger partial charge in [-0.05, 0) is 25.7 Å². The molecule has 0 aromatic rings. The maximum Gasteiger partial charge on any atom is 0.323 e. The van der Waals surface area contributed by atoms with E-state index in [9.17, 15) is 14.7 Å². The summed E-state index contributed by atoms with van der Waals surface area (Å²) in [7, 11) is 0. The van der Waals surface area contributed by atoms with Crippen molar-refractivity contribution in [1.82, 2.24) is 10.6 Å². The second kappa shape index (κ2) is 7.48.